The lowest BCUT2D eigenvalue weighted by molar-refractivity contribution is 0.122. The van der Waals surface area contributed by atoms with Crippen molar-refractivity contribution >= 4 is 23.3 Å². The predicted molar refractivity (Wildman–Crippen MR) is 129 cm³/mol. The van der Waals surface area contributed by atoms with Gasteiger partial charge in [0.05, 0.1) is 0 Å². The van der Waals surface area contributed by atoms with E-state index < -0.39 is 17.6 Å². The molecule has 0 saturated carbocycles. The van der Waals surface area contributed by atoms with E-state index >= 15 is 0 Å². The molecule has 9 nitrogen and oxygen atoms in total. The van der Waals surface area contributed by atoms with E-state index in [1.807, 2.05) is 30.3 Å². The third-order valence-electron chi connectivity index (χ3n) is 4.79. The average Bonchev–Trinajstić information content (AvgIpc) is 2.83. The fourth-order valence-electron chi connectivity index (χ4n) is 2.86. The first-order valence-corrected chi connectivity index (χ1v) is 14.4. The van der Waals surface area contributed by atoms with Crippen molar-refractivity contribution in [1.82, 2.24) is 5.32 Å². The van der Waals surface area contributed by atoms with Crippen molar-refractivity contribution in [3.63, 3.8) is 0 Å². The molecule has 182 valence electrons. The van der Waals surface area contributed by atoms with Crippen LogP contribution in [0.15, 0.2) is 30.3 Å². The van der Waals surface area contributed by atoms with E-state index in [1.165, 1.54) is 0 Å². The molecule has 11 heteroatoms. The summed E-state index contributed by atoms with van der Waals surface area (Å²) in [4.78, 5) is 0. The molecule has 0 aliphatic heterocycles. The number of para-hydroxylation sites is 1. The smallest absolute Gasteiger partial charge is 0.385 e. The molecule has 0 fully saturated rings. The highest BCUT2D eigenvalue weighted by molar-refractivity contribution is 6.60. The minimum Gasteiger partial charge on any atom is -0.385 e. The maximum absolute atomic E-state index is 5.36. The number of nitrogens with one attached hydrogen (secondary N) is 2. The molecule has 1 aromatic rings. The lowest BCUT2D eigenvalue weighted by Gasteiger charge is -2.24. The van der Waals surface area contributed by atoms with Crippen LogP contribution in [0.5, 0.6) is 0 Å². The minimum absolute atomic E-state index is 0.668. The molecule has 1 rings (SSSR count). The molecule has 0 radical (unpaired) electrons. The number of rotatable bonds is 17. The zero-order chi connectivity index (χ0) is 23.4. The summed E-state index contributed by atoms with van der Waals surface area (Å²) in [7, 11) is 5.08. The van der Waals surface area contributed by atoms with Crippen LogP contribution in [0, 0.1) is 0 Å². The van der Waals surface area contributed by atoms with Crippen molar-refractivity contribution in [2.45, 2.75) is 24.9 Å². The Morgan fingerprint density at radius 2 is 1.13 bits per heavy atom. The summed E-state index contributed by atoms with van der Waals surface area (Å²) in [5.41, 5.74) is 6.48. The lowest BCUT2D eigenvalue weighted by Crippen LogP contribution is -2.43. The van der Waals surface area contributed by atoms with Crippen LogP contribution >= 0.6 is 0 Å². The molecule has 0 unspecified atom stereocenters. The maximum Gasteiger partial charge on any atom is 0.500 e. The van der Waals surface area contributed by atoms with Crippen LogP contribution in [0.4, 0.5) is 5.69 Å². The maximum atomic E-state index is 5.36. The summed E-state index contributed by atoms with van der Waals surface area (Å²) in [6, 6.07) is 11.8. The van der Waals surface area contributed by atoms with Crippen molar-refractivity contribution in [3.8, 4) is 0 Å². The van der Waals surface area contributed by atoms with E-state index in [0.717, 1.165) is 50.3 Å². The number of nitrogens with two attached hydrogens (primary N) is 1. The second-order valence-electron chi connectivity index (χ2n) is 6.63. The van der Waals surface area contributed by atoms with Gasteiger partial charge in [0.1, 0.15) is 0 Å². The fraction of sp³-hybridized carbons (Fsp3) is 0.700. The summed E-state index contributed by atoms with van der Waals surface area (Å²) >= 11 is 0. The highest BCUT2D eigenvalue weighted by Crippen LogP contribution is 2.15. The molecule has 0 spiro atoms. The molecule has 1 aromatic carbocycles. The molecular formula is C20H43N3O6Si2. The SMILES string of the molecule is CO[Si](CCCNCCN)(OC)OC.CO[Si](CCCNc1ccccc1)(OC)OC. The summed E-state index contributed by atoms with van der Waals surface area (Å²) < 4.78 is 31.9. The number of hydrogen-bond acceptors (Lipinski definition) is 9. The van der Waals surface area contributed by atoms with Crippen LogP contribution in [-0.4, -0.2) is 86.4 Å². The highest BCUT2D eigenvalue weighted by Gasteiger charge is 2.37. The molecule has 0 aliphatic carbocycles. The summed E-state index contributed by atoms with van der Waals surface area (Å²) in [5.74, 6) is 0. The molecule has 0 atom stereocenters. The van der Waals surface area contributed by atoms with Crippen molar-refractivity contribution < 1.29 is 26.6 Å². The Bertz CT molecular complexity index is 506. The Balaban J connectivity index is 0.000000594. The molecular weight excluding hydrogens is 434 g/mol. The summed E-state index contributed by atoms with van der Waals surface area (Å²) in [6.45, 7) is 3.32. The zero-order valence-corrected chi connectivity index (χ0v) is 22.1. The van der Waals surface area contributed by atoms with Gasteiger partial charge >= 0.3 is 17.6 Å². The summed E-state index contributed by atoms with van der Waals surface area (Å²) in [5, 5.41) is 6.56. The number of benzene rings is 1. The summed E-state index contributed by atoms with van der Waals surface area (Å²) in [6.07, 6.45) is 1.93. The van der Waals surface area contributed by atoms with Crippen LogP contribution in [-0.2, 0) is 26.6 Å². The van der Waals surface area contributed by atoms with Crippen LogP contribution in [0.1, 0.15) is 12.8 Å². The monoisotopic (exact) mass is 477 g/mol. The molecule has 0 aliphatic rings. The second-order valence-corrected chi connectivity index (χ2v) is 12.8. The van der Waals surface area contributed by atoms with Gasteiger partial charge in [-0.15, -0.1) is 0 Å². The van der Waals surface area contributed by atoms with E-state index in [2.05, 4.69) is 10.6 Å². The van der Waals surface area contributed by atoms with Gasteiger partial charge in [-0.05, 0) is 31.5 Å². The molecule has 0 saturated heterocycles. The molecule has 0 bridgehead atoms. The van der Waals surface area contributed by atoms with Gasteiger partial charge in [0.25, 0.3) is 0 Å². The van der Waals surface area contributed by atoms with Crippen molar-refractivity contribution in [2.24, 2.45) is 5.73 Å². The third kappa shape index (κ3) is 12.7. The standard InChI is InChI=1S/C12H21NO3Si.C8H22N2O3Si/c1-14-17(15-2,16-3)11-7-10-13-12-8-5-4-6-9-12;1-11-14(12-2,13-3)8-4-6-10-7-5-9/h4-6,8-9,13H,7,10-11H2,1-3H3;10H,4-9H2,1-3H3. The minimum atomic E-state index is -2.40. The van der Waals surface area contributed by atoms with Gasteiger partial charge in [-0.3, -0.25) is 0 Å². The Morgan fingerprint density at radius 1 is 0.677 bits per heavy atom. The highest BCUT2D eigenvalue weighted by atomic mass is 28.4. The molecule has 0 amide bonds. The van der Waals surface area contributed by atoms with Gasteiger partial charge in [0.2, 0.25) is 0 Å². The molecule has 31 heavy (non-hydrogen) atoms. The fourth-order valence-corrected chi connectivity index (χ4v) is 6.31. The van der Waals surface area contributed by atoms with Crippen molar-refractivity contribution in [1.29, 1.82) is 0 Å². The van der Waals surface area contributed by atoms with Crippen LogP contribution in [0.3, 0.4) is 0 Å². The third-order valence-corrected chi connectivity index (χ3v) is 10.5. The van der Waals surface area contributed by atoms with Crippen LogP contribution in [0.2, 0.25) is 12.1 Å². The first kappa shape index (κ1) is 30.1. The topological polar surface area (TPSA) is 105 Å². The average molecular weight is 478 g/mol. The van der Waals surface area contributed by atoms with Gasteiger partial charge in [0.15, 0.2) is 0 Å². The van der Waals surface area contributed by atoms with E-state index in [4.69, 9.17) is 32.3 Å². The van der Waals surface area contributed by atoms with Crippen LogP contribution in [0.25, 0.3) is 0 Å². The predicted octanol–water partition coefficient (Wildman–Crippen LogP) is 2.17. The van der Waals surface area contributed by atoms with Crippen molar-refractivity contribution in [3.05, 3.63) is 30.3 Å². The largest absolute Gasteiger partial charge is 0.500 e. The first-order chi connectivity index (χ1) is 15.0. The number of hydrogen-bond donors (Lipinski definition) is 3. The molecule has 4 N–H and O–H groups in total. The van der Waals surface area contributed by atoms with Gasteiger partial charge in [0, 0.05) is 80.1 Å². The van der Waals surface area contributed by atoms with Gasteiger partial charge < -0.3 is 42.9 Å². The quantitative estimate of drug-likeness (QED) is 0.230. The van der Waals surface area contributed by atoms with E-state index in [9.17, 15) is 0 Å². The molecule has 0 heterocycles. The molecule has 0 aromatic heterocycles. The first-order valence-electron chi connectivity index (χ1n) is 10.5. The zero-order valence-electron chi connectivity index (χ0n) is 20.1. The Morgan fingerprint density at radius 3 is 1.55 bits per heavy atom. The van der Waals surface area contributed by atoms with Gasteiger partial charge in [-0.1, -0.05) is 18.2 Å². The Labute approximate surface area is 190 Å². The van der Waals surface area contributed by atoms with Crippen molar-refractivity contribution in [2.75, 3.05) is 74.2 Å². The normalized spacial score (nSPS) is 11.7. The van der Waals surface area contributed by atoms with E-state index in [1.54, 1.807) is 42.7 Å². The Kier molecular flexibility index (Phi) is 18.2. The van der Waals surface area contributed by atoms with Gasteiger partial charge in [-0.25, -0.2) is 0 Å². The van der Waals surface area contributed by atoms with Crippen LogP contribution < -0.4 is 16.4 Å². The number of anilines is 1. The second kappa shape index (κ2) is 18.7. The van der Waals surface area contributed by atoms with E-state index in [-0.39, 0.29) is 0 Å². The van der Waals surface area contributed by atoms with Gasteiger partial charge in [-0.2, -0.15) is 0 Å². The Hall–Kier alpha value is -0.866. The van der Waals surface area contributed by atoms with E-state index in [0.29, 0.717) is 6.54 Å². The lowest BCUT2D eigenvalue weighted by atomic mass is 10.3.